The van der Waals surface area contributed by atoms with Crippen molar-refractivity contribution in [3.63, 3.8) is 0 Å². The summed E-state index contributed by atoms with van der Waals surface area (Å²) in [7, 11) is 2.15. The van der Waals surface area contributed by atoms with E-state index in [1.165, 1.54) is 31.2 Å². The number of carboxylic acid groups (broad SMARTS) is 2. The molecule has 8 nitrogen and oxygen atoms in total. The minimum Gasteiger partial charge on any atom is -0.478 e. The van der Waals surface area contributed by atoms with Crippen molar-refractivity contribution < 1.29 is 37.8 Å². The Kier molecular flexibility index (Phi) is 10.5. The molecule has 2 aromatic carbocycles. The Bertz CT molecular complexity index is 1430. The maximum Gasteiger partial charge on any atom is 0.490 e. The lowest BCUT2D eigenvalue weighted by Gasteiger charge is -2.23. The van der Waals surface area contributed by atoms with Crippen molar-refractivity contribution >= 4 is 28.7 Å². The molecule has 0 bridgehead atoms. The van der Waals surface area contributed by atoms with Gasteiger partial charge < -0.3 is 25.0 Å². The molecular weight excluding hydrogens is 563 g/mol. The Labute approximate surface area is 248 Å². The number of carboxylic acids is 2. The Morgan fingerprint density at radius 1 is 0.977 bits per heavy atom. The summed E-state index contributed by atoms with van der Waals surface area (Å²) >= 11 is 0. The van der Waals surface area contributed by atoms with E-state index >= 15 is 0 Å². The van der Waals surface area contributed by atoms with Crippen LogP contribution in [0, 0.1) is 5.92 Å². The lowest BCUT2D eigenvalue weighted by Crippen LogP contribution is -2.30. The minimum atomic E-state index is -5.08. The van der Waals surface area contributed by atoms with Crippen LogP contribution in [0.3, 0.4) is 0 Å². The van der Waals surface area contributed by atoms with E-state index in [1.807, 2.05) is 24.3 Å². The number of hydrogen-bond donors (Lipinski definition) is 3. The molecule has 43 heavy (non-hydrogen) atoms. The number of halogens is 3. The molecule has 2 heterocycles. The summed E-state index contributed by atoms with van der Waals surface area (Å²) in [5.41, 5.74) is 4.50. The zero-order valence-electron chi connectivity index (χ0n) is 24.2. The highest BCUT2D eigenvalue weighted by Crippen LogP contribution is 2.44. The number of aromatic carboxylic acids is 1. The quantitative estimate of drug-likeness (QED) is 0.286. The van der Waals surface area contributed by atoms with Gasteiger partial charge in [0, 0.05) is 18.5 Å². The van der Waals surface area contributed by atoms with Crippen molar-refractivity contribution in [3.8, 4) is 11.3 Å². The van der Waals surface area contributed by atoms with Gasteiger partial charge in [0.05, 0.1) is 16.8 Å². The van der Waals surface area contributed by atoms with Crippen LogP contribution in [0.2, 0.25) is 0 Å². The van der Waals surface area contributed by atoms with E-state index < -0.39 is 18.1 Å². The monoisotopic (exact) mass is 601 g/mol. The Balaban J connectivity index is 0.000000541. The molecule has 3 N–H and O–H groups in total. The molecule has 3 aromatic rings. The Morgan fingerprint density at radius 2 is 1.65 bits per heavy atom. The number of benzene rings is 2. The SMILES string of the molecule is CN1CCC(CCNC(=O)Cn2c(-c3ccccc3)c(C3CCCCC3)c3ccc(C(=O)O)cc32)C1.O=C(O)C(F)(F)F. The molecule has 1 saturated carbocycles. The third kappa shape index (κ3) is 8.16. The molecule has 0 spiro atoms. The predicted molar refractivity (Wildman–Crippen MR) is 157 cm³/mol. The molecule has 1 aliphatic carbocycles. The second kappa shape index (κ2) is 14.1. The smallest absolute Gasteiger partial charge is 0.478 e. The highest BCUT2D eigenvalue weighted by Gasteiger charge is 2.38. The Hall–Kier alpha value is -3.86. The minimum absolute atomic E-state index is 0.0219. The predicted octanol–water partition coefficient (Wildman–Crippen LogP) is 6.15. The van der Waals surface area contributed by atoms with E-state index in [0.29, 0.717) is 18.4 Å². The van der Waals surface area contributed by atoms with Gasteiger partial charge in [0.1, 0.15) is 6.54 Å². The number of carbonyl (C=O) groups excluding carboxylic acids is 1. The number of carbonyl (C=O) groups is 3. The number of aromatic nitrogens is 1. The number of nitrogens with zero attached hydrogens (tertiary/aromatic N) is 2. The maximum atomic E-state index is 13.2. The van der Waals surface area contributed by atoms with E-state index in [2.05, 4.69) is 34.0 Å². The van der Waals surface area contributed by atoms with Crippen LogP contribution in [-0.2, 0) is 16.1 Å². The fourth-order valence-corrected chi connectivity index (χ4v) is 6.26. The fraction of sp³-hybridized carbons (Fsp3) is 0.469. The zero-order chi connectivity index (χ0) is 31.1. The molecule has 1 amide bonds. The average molecular weight is 602 g/mol. The third-order valence-corrected chi connectivity index (χ3v) is 8.32. The van der Waals surface area contributed by atoms with Crippen LogP contribution in [0.1, 0.15) is 66.8 Å². The van der Waals surface area contributed by atoms with E-state index in [0.717, 1.165) is 54.5 Å². The van der Waals surface area contributed by atoms with Crippen LogP contribution in [0.15, 0.2) is 48.5 Å². The number of rotatable bonds is 8. The van der Waals surface area contributed by atoms with Crippen molar-refractivity contribution in [2.45, 2.75) is 63.6 Å². The van der Waals surface area contributed by atoms with Crippen molar-refractivity contribution in [1.29, 1.82) is 0 Å². The van der Waals surface area contributed by atoms with Crippen molar-refractivity contribution in [2.24, 2.45) is 5.92 Å². The van der Waals surface area contributed by atoms with Crippen LogP contribution >= 0.6 is 0 Å². The molecule has 1 saturated heterocycles. The van der Waals surface area contributed by atoms with Crippen LogP contribution in [-0.4, -0.2) is 70.4 Å². The maximum absolute atomic E-state index is 13.2. The highest BCUT2D eigenvalue weighted by atomic mass is 19.4. The largest absolute Gasteiger partial charge is 0.490 e. The number of amides is 1. The molecule has 5 rings (SSSR count). The van der Waals surface area contributed by atoms with Gasteiger partial charge in [0.2, 0.25) is 5.91 Å². The Morgan fingerprint density at radius 3 is 2.23 bits per heavy atom. The van der Waals surface area contributed by atoms with Gasteiger partial charge in [-0.15, -0.1) is 0 Å². The van der Waals surface area contributed by atoms with Gasteiger partial charge >= 0.3 is 18.1 Å². The molecular formula is C32H38F3N3O5. The van der Waals surface area contributed by atoms with Crippen LogP contribution in [0.4, 0.5) is 13.2 Å². The normalized spacial score (nSPS) is 17.8. The zero-order valence-corrected chi connectivity index (χ0v) is 24.2. The summed E-state index contributed by atoms with van der Waals surface area (Å²) in [6, 6.07) is 15.7. The molecule has 1 aromatic heterocycles. The first-order chi connectivity index (χ1) is 20.5. The van der Waals surface area contributed by atoms with Gasteiger partial charge in [-0.3, -0.25) is 4.79 Å². The summed E-state index contributed by atoms with van der Waals surface area (Å²) in [4.78, 5) is 36.3. The lowest BCUT2D eigenvalue weighted by atomic mass is 9.82. The molecule has 11 heteroatoms. The number of alkyl halides is 3. The standard InChI is InChI=1S/C30H37N3O3.C2HF3O2/c1-32-17-15-21(19-32)14-16-31-27(34)20-33-26-18-24(30(35)36)12-13-25(26)28(22-8-4-2-5-9-22)29(33)23-10-6-3-7-11-23;3-2(4,5)1(6)7/h3,6-7,10-13,18,21-22H,2,4-5,8-9,14-17,19-20H2,1H3,(H,31,34)(H,35,36);(H,6,7). The molecule has 1 aliphatic heterocycles. The molecule has 1 unspecified atom stereocenters. The summed E-state index contributed by atoms with van der Waals surface area (Å²) < 4.78 is 33.8. The van der Waals surface area contributed by atoms with Gasteiger partial charge in [-0.05, 0) is 74.4 Å². The fourth-order valence-electron chi connectivity index (χ4n) is 6.26. The summed E-state index contributed by atoms with van der Waals surface area (Å²) in [6.07, 6.45) is 3.02. The second-order valence-corrected chi connectivity index (χ2v) is 11.4. The van der Waals surface area contributed by atoms with Gasteiger partial charge in [-0.2, -0.15) is 13.2 Å². The highest BCUT2D eigenvalue weighted by molar-refractivity contribution is 5.99. The first-order valence-electron chi connectivity index (χ1n) is 14.7. The van der Waals surface area contributed by atoms with Crippen LogP contribution in [0.5, 0.6) is 0 Å². The molecule has 0 radical (unpaired) electrons. The molecule has 232 valence electrons. The van der Waals surface area contributed by atoms with Crippen molar-refractivity contribution in [1.82, 2.24) is 14.8 Å². The lowest BCUT2D eigenvalue weighted by molar-refractivity contribution is -0.192. The molecule has 2 aliphatic rings. The van der Waals surface area contributed by atoms with Crippen molar-refractivity contribution in [2.75, 3.05) is 26.7 Å². The van der Waals surface area contributed by atoms with E-state index in [9.17, 15) is 27.9 Å². The first kappa shape index (κ1) is 32.1. The molecule has 1 atom stereocenters. The topological polar surface area (TPSA) is 112 Å². The number of aliphatic carboxylic acids is 1. The van der Waals surface area contributed by atoms with Gasteiger partial charge in [0.25, 0.3) is 0 Å². The van der Waals surface area contributed by atoms with Gasteiger partial charge in [0.15, 0.2) is 0 Å². The second-order valence-electron chi connectivity index (χ2n) is 11.4. The van der Waals surface area contributed by atoms with E-state index in [1.54, 1.807) is 12.1 Å². The average Bonchev–Trinajstić information content (AvgIpc) is 3.54. The molecule has 2 fully saturated rings. The third-order valence-electron chi connectivity index (χ3n) is 8.32. The van der Waals surface area contributed by atoms with Crippen molar-refractivity contribution in [3.05, 3.63) is 59.7 Å². The first-order valence-corrected chi connectivity index (χ1v) is 14.7. The number of hydrogen-bond acceptors (Lipinski definition) is 4. The van der Waals surface area contributed by atoms with Crippen LogP contribution in [0.25, 0.3) is 22.2 Å². The number of fused-ring (bicyclic) bond motifs is 1. The summed E-state index contributed by atoms with van der Waals surface area (Å²) in [6.45, 7) is 3.08. The van der Waals surface area contributed by atoms with Gasteiger partial charge in [-0.1, -0.05) is 55.7 Å². The summed E-state index contributed by atoms with van der Waals surface area (Å²) in [5, 5.41) is 21.1. The number of nitrogens with one attached hydrogen (secondary N) is 1. The summed E-state index contributed by atoms with van der Waals surface area (Å²) in [5.74, 6) is -2.68. The van der Waals surface area contributed by atoms with Gasteiger partial charge in [-0.25, -0.2) is 9.59 Å². The van der Waals surface area contributed by atoms with E-state index in [4.69, 9.17) is 9.90 Å². The van der Waals surface area contributed by atoms with E-state index in [-0.39, 0.29) is 18.0 Å². The van der Waals surface area contributed by atoms with Crippen LogP contribution < -0.4 is 5.32 Å². The number of likely N-dealkylation sites (tertiary alicyclic amines) is 1.